The first-order valence-electron chi connectivity index (χ1n) is 5.20. The Balaban J connectivity index is 0.000000396. The molecule has 2 heteroatoms. The van der Waals surface area contributed by atoms with Gasteiger partial charge in [0.05, 0.1) is 0 Å². The Morgan fingerprint density at radius 1 is 1.23 bits per heavy atom. The normalized spacial score (nSPS) is 20.7. The van der Waals surface area contributed by atoms with E-state index in [2.05, 4.69) is 23.6 Å². The molecule has 0 aromatic rings. The quantitative estimate of drug-likeness (QED) is 0.594. The molecule has 0 aromatic carbocycles. The fraction of sp³-hybridized carbons (Fsp3) is 0.636. The summed E-state index contributed by atoms with van der Waals surface area (Å²) in [7, 11) is 0. The van der Waals surface area contributed by atoms with Crippen LogP contribution in [0.4, 0.5) is 0 Å². The van der Waals surface area contributed by atoms with E-state index in [1.165, 1.54) is 23.3 Å². The number of hydrogen-bond donors (Lipinski definition) is 2. The van der Waals surface area contributed by atoms with Gasteiger partial charge in [-0.15, -0.1) is 0 Å². The first-order valence-corrected chi connectivity index (χ1v) is 5.20. The van der Waals surface area contributed by atoms with Gasteiger partial charge in [0.1, 0.15) is 0 Å². The highest BCUT2D eigenvalue weighted by Crippen LogP contribution is 2.16. The molecule has 0 bridgehead atoms. The van der Waals surface area contributed by atoms with Crippen LogP contribution in [-0.4, -0.2) is 19.6 Å². The second-order valence-electron chi connectivity index (χ2n) is 3.27. The lowest BCUT2D eigenvalue weighted by molar-refractivity contribution is 0.632. The summed E-state index contributed by atoms with van der Waals surface area (Å²) in [4.78, 5) is 0. The van der Waals surface area contributed by atoms with Gasteiger partial charge in [0.2, 0.25) is 0 Å². The van der Waals surface area contributed by atoms with Crippen LogP contribution >= 0.6 is 0 Å². The zero-order valence-electron chi connectivity index (χ0n) is 8.91. The molecule has 2 N–H and O–H groups in total. The minimum atomic E-state index is 1.04. The molecule has 2 rings (SSSR count). The maximum atomic E-state index is 3.44. The van der Waals surface area contributed by atoms with E-state index in [0.717, 1.165) is 19.6 Å². The lowest BCUT2D eigenvalue weighted by Gasteiger charge is -2.25. The third-order valence-electron chi connectivity index (χ3n) is 2.26. The smallest absolute Gasteiger partial charge is 0.0357 e. The van der Waals surface area contributed by atoms with Crippen molar-refractivity contribution in [2.45, 2.75) is 27.2 Å². The third-order valence-corrected chi connectivity index (χ3v) is 2.26. The van der Waals surface area contributed by atoms with Gasteiger partial charge in [-0.25, -0.2) is 0 Å². The highest BCUT2D eigenvalue weighted by atomic mass is 14.9. The lowest BCUT2D eigenvalue weighted by Crippen LogP contribution is -2.33. The molecule has 0 spiro atoms. The standard InChI is InChI=1S/C9H14N2.C2H6/c1-7-4-8-6-10-3-2-9(8)11-5-7;1-2/h4,10-11H,2-3,5-6H2,1H3;1-2H3. The molecule has 0 unspecified atom stereocenters. The fourth-order valence-corrected chi connectivity index (χ4v) is 1.64. The van der Waals surface area contributed by atoms with Crippen molar-refractivity contribution in [1.82, 2.24) is 10.6 Å². The van der Waals surface area contributed by atoms with Crippen LogP contribution in [0, 0.1) is 0 Å². The van der Waals surface area contributed by atoms with Gasteiger partial charge in [0.25, 0.3) is 0 Å². The Hall–Kier alpha value is -0.760. The van der Waals surface area contributed by atoms with Gasteiger partial charge >= 0.3 is 0 Å². The molecule has 2 aliphatic rings. The molecule has 0 aromatic heterocycles. The number of rotatable bonds is 0. The van der Waals surface area contributed by atoms with E-state index in [1.807, 2.05) is 13.8 Å². The molecule has 0 fully saturated rings. The lowest BCUT2D eigenvalue weighted by atomic mass is 10.0. The van der Waals surface area contributed by atoms with Gasteiger partial charge < -0.3 is 10.6 Å². The second kappa shape index (κ2) is 5.07. The van der Waals surface area contributed by atoms with Crippen LogP contribution in [0.2, 0.25) is 0 Å². The molecule has 0 atom stereocenters. The molecule has 2 nitrogen and oxygen atoms in total. The van der Waals surface area contributed by atoms with E-state index >= 15 is 0 Å². The van der Waals surface area contributed by atoms with Gasteiger partial charge in [-0.2, -0.15) is 0 Å². The molecule has 13 heavy (non-hydrogen) atoms. The Morgan fingerprint density at radius 3 is 2.77 bits per heavy atom. The molecular weight excluding hydrogens is 160 g/mol. The fourth-order valence-electron chi connectivity index (χ4n) is 1.64. The van der Waals surface area contributed by atoms with Gasteiger partial charge in [0.15, 0.2) is 0 Å². The average Bonchev–Trinajstić information content (AvgIpc) is 2.21. The van der Waals surface area contributed by atoms with E-state index in [4.69, 9.17) is 0 Å². The minimum absolute atomic E-state index is 1.04. The molecule has 74 valence electrons. The van der Waals surface area contributed by atoms with Crippen molar-refractivity contribution >= 4 is 0 Å². The average molecular weight is 180 g/mol. The van der Waals surface area contributed by atoms with Crippen molar-refractivity contribution in [3.05, 3.63) is 22.9 Å². The van der Waals surface area contributed by atoms with E-state index in [0.29, 0.717) is 0 Å². The number of dihydropyridines is 1. The minimum Gasteiger partial charge on any atom is -0.384 e. The summed E-state index contributed by atoms with van der Waals surface area (Å²) in [5, 5.41) is 6.80. The Morgan fingerprint density at radius 2 is 2.00 bits per heavy atom. The van der Waals surface area contributed by atoms with Gasteiger partial charge in [-0.3, -0.25) is 0 Å². The van der Waals surface area contributed by atoms with Crippen LogP contribution in [0.25, 0.3) is 0 Å². The van der Waals surface area contributed by atoms with Crippen LogP contribution in [0.1, 0.15) is 27.2 Å². The van der Waals surface area contributed by atoms with Crippen LogP contribution in [0.3, 0.4) is 0 Å². The van der Waals surface area contributed by atoms with Crippen molar-refractivity contribution < 1.29 is 0 Å². The number of nitrogens with one attached hydrogen (secondary N) is 2. The van der Waals surface area contributed by atoms with Crippen molar-refractivity contribution in [2.75, 3.05) is 19.6 Å². The summed E-state index contributed by atoms with van der Waals surface area (Å²) in [5.41, 5.74) is 4.35. The highest BCUT2D eigenvalue weighted by molar-refractivity contribution is 5.35. The summed E-state index contributed by atoms with van der Waals surface area (Å²) in [6.07, 6.45) is 3.47. The van der Waals surface area contributed by atoms with Crippen LogP contribution in [-0.2, 0) is 0 Å². The van der Waals surface area contributed by atoms with Crippen molar-refractivity contribution in [3.63, 3.8) is 0 Å². The molecule has 0 saturated carbocycles. The zero-order valence-corrected chi connectivity index (χ0v) is 8.91. The molecule has 2 heterocycles. The van der Waals surface area contributed by atoms with Crippen molar-refractivity contribution in [1.29, 1.82) is 0 Å². The summed E-state index contributed by atoms with van der Waals surface area (Å²) in [6.45, 7) is 9.38. The Bertz CT molecular complexity index is 226. The van der Waals surface area contributed by atoms with Gasteiger partial charge in [0, 0.05) is 25.3 Å². The molecular formula is C11H20N2. The molecule has 0 amide bonds. The summed E-state index contributed by atoms with van der Waals surface area (Å²) < 4.78 is 0. The summed E-state index contributed by atoms with van der Waals surface area (Å²) in [5.74, 6) is 0. The largest absolute Gasteiger partial charge is 0.384 e. The predicted molar refractivity (Wildman–Crippen MR) is 57.6 cm³/mol. The van der Waals surface area contributed by atoms with Gasteiger partial charge in [-0.05, 0) is 18.9 Å². The van der Waals surface area contributed by atoms with E-state index in [1.54, 1.807) is 0 Å². The SMILES string of the molecule is CC.CC1=CC2=C(CCNC2)NC1. The summed E-state index contributed by atoms with van der Waals surface area (Å²) >= 11 is 0. The number of hydrogen-bond acceptors (Lipinski definition) is 2. The van der Waals surface area contributed by atoms with Crippen molar-refractivity contribution in [3.8, 4) is 0 Å². The van der Waals surface area contributed by atoms with E-state index in [9.17, 15) is 0 Å². The van der Waals surface area contributed by atoms with E-state index < -0.39 is 0 Å². The Labute approximate surface area is 81.1 Å². The zero-order chi connectivity index (χ0) is 9.68. The molecule has 0 saturated heterocycles. The molecule has 0 radical (unpaired) electrons. The van der Waals surface area contributed by atoms with Gasteiger partial charge in [-0.1, -0.05) is 25.5 Å². The topological polar surface area (TPSA) is 24.1 Å². The molecule has 2 aliphatic heterocycles. The highest BCUT2D eigenvalue weighted by Gasteiger charge is 2.13. The van der Waals surface area contributed by atoms with Crippen LogP contribution < -0.4 is 10.6 Å². The predicted octanol–water partition coefficient (Wildman–Crippen LogP) is 1.81. The third kappa shape index (κ3) is 2.59. The van der Waals surface area contributed by atoms with Crippen LogP contribution in [0.5, 0.6) is 0 Å². The van der Waals surface area contributed by atoms with Crippen LogP contribution in [0.15, 0.2) is 22.9 Å². The van der Waals surface area contributed by atoms with Crippen molar-refractivity contribution in [2.24, 2.45) is 0 Å². The summed E-state index contributed by atoms with van der Waals surface area (Å²) in [6, 6.07) is 0. The maximum absolute atomic E-state index is 3.44. The first kappa shape index (κ1) is 10.3. The monoisotopic (exact) mass is 180 g/mol. The molecule has 0 aliphatic carbocycles. The Kier molecular flexibility index (Phi) is 4.03. The first-order chi connectivity index (χ1) is 6.36. The van der Waals surface area contributed by atoms with E-state index in [-0.39, 0.29) is 0 Å². The maximum Gasteiger partial charge on any atom is 0.0357 e. The second-order valence-corrected chi connectivity index (χ2v) is 3.27.